The van der Waals surface area contributed by atoms with Gasteiger partial charge in [0.05, 0.1) is 57.4 Å². The largest absolute Gasteiger partial charge is 0.493 e. The van der Waals surface area contributed by atoms with Crippen molar-refractivity contribution >= 4 is 104 Å². The van der Waals surface area contributed by atoms with Crippen molar-refractivity contribution in [1.82, 2.24) is 44.9 Å². The smallest absolute Gasteiger partial charge is 0.191 e. The van der Waals surface area contributed by atoms with Gasteiger partial charge in [-0.3, -0.25) is 8.78 Å². The summed E-state index contributed by atoms with van der Waals surface area (Å²) in [7, 11) is 1.58. The summed E-state index contributed by atoms with van der Waals surface area (Å²) in [6, 6.07) is 20.5. The number of nitrogens with two attached hydrogens (primary N) is 6. The van der Waals surface area contributed by atoms with Gasteiger partial charge in [-0.1, -0.05) is 75.3 Å². The monoisotopic (exact) mass is 1380 g/mol. The topological polar surface area (TPSA) is 318 Å². The van der Waals surface area contributed by atoms with Crippen LogP contribution in [0.25, 0.3) is 31.7 Å². The van der Waals surface area contributed by atoms with Gasteiger partial charge in [0.15, 0.2) is 50.0 Å². The summed E-state index contributed by atoms with van der Waals surface area (Å²) < 4.78 is 78.8. The molecule has 92 heavy (non-hydrogen) atoms. The summed E-state index contributed by atoms with van der Waals surface area (Å²) in [5.74, 6) is 5.77. The number of aryl methyl sites for hydroxylation is 3. The second kappa shape index (κ2) is 37.2. The number of methoxy groups -OCH3 is 1. The van der Waals surface area contributed by atoms with Crippen LogP contribution in [0.5, 0.6) is 28.7 Å². The highest BCUT2D eigenvalue weighted by Gasteiger charge is 2.20. The number of nitrogens with zero attached hydrogens (tertiary/aromatic N) is 9. The first-order valence-corrected chi connectivity index (χ1v) is 34.8. The second-order valence-electron chi connectivity index (χ2n) is 19.7. The van der Waals surface area contributed by atoms with E-state index in [1.165, 1.54) is 69.3 Å². The Balaban J connectivity index is 0.000000196. The Hall–Kier alpha value is -7.64. The minimum Gasteiger partial charge on any atom is -0.493 e. The molecule has 0 unspecified atom stereocenters. The molecular weight excluding hydrogens is 1300 g/mol. The van der Waals surface area contributed by atoms with Crippen molar-refractivity contribution in [3.05, 3.63) is 110 Å². The number of benzene rings is 3. The molecule has 0 saturated carbocycles. The zero-order chi connectivity index (χ0) is 65.9. The number of alkyl halides is 3. The highest BCUT2D eigenvalue weighted by atomic mass is 32.2. The van der Waals surface area contributed by atoms with E-state index in [0.29, 0.717) is 110 Å². The molecule has 6 aromatic heterocycles. The number of hydrogen-bond donors (Lipinski definition) is 6. The first-order chi connectivity index (χ1) is 44.6. The van der Waals surface area contributed by atoms with E-state index in [2.05, 4.69) is 50.7 Å². The van der Waals surface area contributed by atoms with Crippen LogP contribution < -0.4 is 58.1 Å². The highest BCUT2D eigenvalue weighted by Crippen LogP contribution is 2.40. The molecule has 6 heterocycles. The molecular formula is C62H75F4N15O5S6. The molecule has 0 fully saturated rings. The van der Waals surface area contributed by atoms with Crippen LogP contribution in [-0.2, 0) is 36.5 Å². The van der Waals surface area contributed by atoms with Crippen LogP contribution in [-0.4, -0.2) is 98.4 Å². The lowest BCUT2D eigenvalue weighted by Crippen LogP contribution is -2.02. The van der Waals surface area contributed by atoms with Gasteiger partial charge in [-0.25, -0.2) is 53.6 Å². The number of thioether (sulfide) groups is 3. The van der Waals surface area contributed by atoms with E-state index in [1.807, 2.05) is 37.3 Å². The van der Waals surface area contributed by atoms with Gasteiger partial charge in [0.2, 0.25) is 0 Å². The summed E-state index contributed by atoms with van der Waals surface area (Å²) in [5, 5.41) is 4.12. The van der Waals surface area contributed by atoms with Crippen molar-refractivity contribution in [1.29, 1.82) is 0 Å². The Morgan fingerprint density at radius 3 is 1.11 bits per heavy atom. The van der Waals surface area contributed by atoms with Crippen molar-refractivity contribution in [2.45, 2.75) is 112 Å². The lowest BCUT2D eigenvalue weighted by atomic mass is 10.2. The van der Waals surface area contributed by atoms with Crippen LogP contribution >= 0.6 is 69.3 Å². The SMILES string of the molecule is CCCc1sc(-c2ccc(F)c(OCCCF)c2)nc1CSc1nc(N)cc(N)n1.CCCc1sc(-c2ccc(OC)c(OCCCF)c2)nc1CSc1nc(N)cc(N)n1.CCCc1sc(-c2ccc(OCCF)c(OCC)c2)nc1CSc1nc(N)cc(N)n1. The average molecular weight is 1380 g/mol. The predicted octanol–water partition coefficient (Wildman–Crippen LogP) is 14.4. The molecule has 0 radical (unpaired) electrons. The molecule has 9 rings (SSSR count). The van der Waals surface area contributed by atoms with E-state index < -0.39 is 25.8 Å². The molecule has 0 atom stereocenters. The van der Waals surface area contributed by atoms with Gasteiger partial charge in [-0.15, -0.1) is 34.0 Å². The van der Waals surface area contributed by atoms with E-state index in [0.717, 1.165) is 92.2 Å². The molecule has 492 valence electrons. The van der Waals surface area contributed by atoms with Crippen LogP contribution in [0.15, 0.2) is 88.3 Å². The van der Waals surface area contributed by atoms with Gasteiger partial charge in [0.1, 0.15) is 63.2 Å². The summed E-state index contributed by atoms with van der Waals surface area (Å²) >= 11 is 9.21. The van der Waals surface area contributed by atoms with Crippen molar-refractivity contribution in [2.75, 3.05) is 88.0 Å². The zero-order valence-corrected chi connectivity index (χ0v) is 56.5. The minimum absolute atomic E-state index is 0.00468. The summed E-state index contributed by atoms with van der Waals surface area (Å²) in [4.78, 5) is 43.4. The fourth-order valence-electron chi connectivity index (χ4n) is 8.42. The quantitative estimate of drug-likeness (QED) is 0.00987. The fraction of sp³-hybridized carbons (Fsp3) is 0.371. The molecule has 0 aliphatic heterocycles. The number of anilines is 6. The molecule has 20 nitrogen and oxygen atoms in total. The number of ether oxygens (including phenoxy) is 5. The van der Waals surface area contributed by atoms with E-state index in [4.69, 9.17) is 73.0 Å². The van der Waals surface area contributed by atoms with Crippen LogP contribution in [0.1, 0.15) is 91.5 Å². The summed E-state index contributed by atoms with van der Waals surface area (Å²) in [6.07, 6.45) is 6.31. The normalized spacial score (nSPS) is 11.0. The Morgan fingerprint density at radius 2 is 0.750 bits per heavy atom. The molecule has 9 aromatic rings. The van der Waals surface area contributed by atoms with Gasteiger partial charge < -0.3 is 58.1 Å². The molecule has 3 aromatic carbocycles. The van der Waals surface area contributed by atoms with Crippen LogP contribution in [0.2, 0.25) is 0 Å². The van der Waals surface area contributed by atoms with Crippen molar-refractivity contribution in [3.63, 3.8) is 0 Å². The number of halogens is 4. The van der Waals surface area contributed by atoms with Gasteiger partial charge in [-0.05, 0) is 80.8 Å². The maximum Gasteiger partial charge on any atom is 0.191 e. The van der Waals surface area contributed by atoms with E-state index in [-0.39, 0.29) is 25.4 Å². The Morgan fingerprint density at radius 1 is 0.402 bits per heavy atom. The number of rotatable bonds is 32. The standard InChI is InChI=1S/2C21H26FN5O2S2.C20H23F2N5OS2/c1-3-5-17-14(12-30-21-26-18(23)11-19(24)27-21)25-20(31-17)13-6-7-15(28-2)16(10-13)29-9-4-8-22;1-3-5-17-14(12-30-21-26-18(23)11-19(24)27-21)25-20(31-17)13-6-7-15(29-9-8-22)16(10-13)28-4-2;1-2-4-16-14(11-29-20-26-17(23)10-18(24)27-20)25-19(30-16)12-5-6-13(22)15(9-12)28-8-3-7-21/h2*6-7,10-11H,3-5,8-9,12H2,1-2H3,(H4,23,24,26,27);5-6,9-10H,2-4,7-8,11H2,1H3,(H4,23,24,26,27). The Kier molecular flexibility index (Phi) is 29.0. The zero-order valence-electron chi connectivity index (χ0n) is 51.6. The lowest BCUT2D eigenvalue weighted by Gasteiger charge is -2.11. The third kappa shape index (κ3) is 21.7. The highest BCUT2D eigenvalue weighted by molar-refractivity contribution is 7.98. The fourth-order valence-corrected chi connectivity index (χ4v) is 14.8. The first kappa shape index (κ1) is 71.8. The van der Waals surface area contributed by atoms with Gasteiger partial charge in [0.25, 0.3) is 0 Å². The molecule has 30 heteroatoms. The predicted molar refractivity (Wildman–Crippen MR) is 367 cm³/mol. The molecule has 0 aliphatic rings. The van der Waals surface area contributed by atoms with Crippen LogP contribution in [0, 0.1) is 5.82 Å². The number of thiazole rings is 3. The first-order valence-electron chi connectivity index (χ1n) is 29.4. The van der Waals surface area contributed by atoms with E-state index in [9.17, 15) is 17.6 Å². The van der Waals surface area contributed by atoms with Gasteiger partial charge in [-0.2, -0.15) is 0 Å². The molecule has 0 bridgehead atoms. The number of aromatic nitrogens is 9. The maximum absolute atomic E-state index is 14.0. The summed E-state index contributed by atoms with van der Waals surface area (Å²) in [6.45, 7) is 7.71. The van der Waals surface area contributed by atoms with Gasteiger partial charge in [0, 0.05) is 79.6 Å². The lowest BCUT2D eigenvalue weighted by molar-refractivity contribution is 0.251. The third-order valence-corrected chi connectivity index (χ3v) is 18.7. The molecule has 0 aliphatic carbocycles. The van der Waals surface area contributed by atoms with E-state index >= 15 is 0 Å². The Bertz CT molecular complexity index is 3730. The molecule has 0 saturated heterocycles. The van der Waals surface area contributed by atoms with Crippen molar-refractivity contribution < 1.29 is 41.2 Å². The van der Waals surface area contributed by atoms with Crippen LogP contribution in [0.3, 0.4) is 0 Å². The maximum atomic E-state index is 14.0. The van der Waals surface area contributed by atoms with Crippen molar-refractivity contribution in [2.24, 2.45) is 0 Å². The number of hydrogen-bond acceptors (Lipinski definition) is 26. The number of nitrogen functional groups attached to an aromatic ring is 6. The second-order valence-corrected chi connectivity index (χ2v) is 25.8. The van der Waals surface area contributed by atoms with E-state index in [1.54, 1.807) is 59.3 Å². The molecule has 0 spiro atoms. The molecule has 12 N–H and O–H groups in total. The summed E-state index contributed by atoms with van der Waals surface area (Å²) in [5.41, 5.74) is 40.1. The van der Waals surface area contributed by atoms with Crippen LogP contribution in [0.4, 0.5) is 52.5 Å². The minimum atomic E-state index is -0.552. The third-order valence-electron chi connectivity index (χ3n) is 12.5. The molecule has 0 amide bonds. The van der Waals surface area contributed by atoms with Gasteiger partial charge >= 0.3 is 0 Å². The Labute approximate surface area is 557 Å². The van der Waals surface area contributed by atoms with Crippen molar-refractivity contribution in [3.8, 4) is 60.5 Å². The average Bonchev–Trinajstić information content (AvgIpc) is 1.79.